The zero-order valence-corrected chi connectivity index (χ0v) is 14.1. The molecule has 24 heavy (non-hydrogen) atoms. The summed E-state index contributed by atoms with van der Waals surface area (Å²) in [5, 5.41) is 4.13. The fourth-order valence-corrected chi connectivity index (χ4v) is 3.79. The zero-order valence-electron chi connectivity index (χ0n) is 12.5. The molecular formula is C15H10ClF3N2O2S. The lowest BCUT2D eigenvalue weighted by Gasteiger charge is -2.03. The number of rotatable bonds is 3. The van der Waals surface area contributed by atoms with Gasteiger partial charge >= 0.3 is 5.97 Å². The highest BCUT2D eigenvalue weighted by Crippen LogP contribution is 2.38. The van der Waals surface area contributed by atoms with Gasteiger partial charge in [-0.1, -0.05) is 11.6 Å². The molecular weight excluding hydrogens is 365 g/mol. The second kappa shape index (κ2) is 6.10. The van der Waals surface area contributed by atoms with E-state index in [0.717, 1.165) is 17.4 Å². The summed E-state index contributed by atoms with van der Waals surface area (Å²) in [4.78, 5) is 12.3. The number of hydrogen-bond acceptors (Lipinski definition) is 4. The van der Waals surface area contributed by atoms with E-state index in [9.17, 15) is 18.0 Å². The predicted molar refractivity (Wildman–Crippen MR) is 84.1 cm³/mol. The Balaban J connectivity index is 2.28. The maximum atomic E-state index is 14.1. The first kappa shape index (κ1) is 16.8. The molecule has 3 aromatic rings. The van der Waals surface area contributed by atoms with E-state index in [1.807, 2.05) is 0 Å². The van der Waals surface area contributed by atoms with Gasteiger partial charge in [0.05, 0.1) is 12.3 Å². The van der Waals surface area contributed by atoms with Crippen LogP contribution in [0.2, 0.25) is 5.15 Å². The number of aromatic nitrogens is 2. The molecule has 0 aliphatic carbocycles. The normalized spacial score (nSPS) is 11.2. The average molecular weight is 375 g/mol. The maximum Gasteiger partial charge on any atom is 0.351 e. The molecule has 4 nitrogen and oxygen atoms in total. The molecule has 0 N–H and O–H groups in total. The van der Waals surface area contributed by atoms with Crippen molar-refractivity contribution in [2.24, 2.45) is 0 Å². The molecule has 9 heteroatoms. The summed E-state index contributed by atoms with van der Waals surface area (Å²) in [6.07, 6.45) is 0. The van der Waals surface area contributed by atoms with E-state index in [1.54, 1.807) is 13.8 Å². The van der Waals surface area contributed by atoms with Crippen LogP contribution in [0, 0.1) is 24.4 Å². The molecule has 0 saturated carbocycles. The summed E-state index contributed by atoms with van der Waals surface area (Å²) in [5.41, 5.74) is 0.212. The van der Waals surface area contributed by atoms with Crippen LogP contribution in [-0.4, -0.2) is 22.2 Å². The third kappa shape index (κ3) is 2.55. The fourth-order valence-electron chi connectivity index (χ4n) is 2.34. The predicted octanol–water partition coefficient (Wildman–Crippen LogP) is 4.62. The highest BCUT2D eigenvalue weighted by Gasteiger charge is 2.26. The number of fused-ring (bicyclic) bond motifs is 1. The minimum Gasteiger partial charge on any atom is -0.462 e. The van der Waals surface area contributed by atoms with Crippen LogP contribution in [0.4, 0.5) is 13.2 Å². The SMILES string of the molecule is CCOC(=O)c1sc2c(-c3cc(F)cc(F)c3F)c(C)nn2c1Cl. The number of hydrogen-bond donors (Lipinski definition) is 0. The third-order valence-corrected chi connectivity index (χ3v) is 4.91. The Hall–Kier alpha value is -2.06. The Labute approximate surface area is 143 Å². The second-order valence-electron chi connectivity index (χ2n) is 4.87. The number of benzene rings is 1. The topological polar surface area (TPSA) is 43.6 Å². The van der Waals surface area contributed by atoms with E-state index >= 15 is 0 Å². The summed E-state index contributed by atoms with van der Waals surface area (Å²) in [6.45, 7) is 3.35. The molecule has 0 unspecified atom stereocenters. The molecule has 0 atom stereocenters. The Kier molecular flexibility index (Phi) is 4.27. The van der Waals surface area contributed by atoms with Crippen molar-refractivity contribution in [1.29, 1.82) is 0 Å². The van der Waals surface area contributed by atoms with E-state index in [2.05, 4.69) is 5.10 Å². The van der Waals surface area contributed by atoms with Gasteiger partial charge in [-0.25, -0.2) is 22.5 Å². The molecule has 1 aromatic carbocycles. The van der Waals surface area contributed by atoms with Crippen LogP contribution >= 0.6 is 22.9 Å². The van der Waals surface area contributed by atoms with Crippen molar-refractivity contribution >= 4 is 33.7 Å². The highest BCUT2D eigenvalue weighted by molar-refractivity contribution is 7.20. The van der Waals surface area contributed by atoms with Crippen molar-refractivity contribution in [2.75, 3.05) is 6.61 Å². The number of carbonyl (C=O) groups excluding carboxylic acids is 1. The smallest absolute Gasteiger partial charge is 0.351 e. The molecule has 3 rings (SSSR count). The van der Waals surface area contributed by atoms with E-state index in [0.29, 0.717) is 16.6 Å². The summed E-state index contributed by atoms with van der Waals surface area (Å²) >= 11 is 7.05. The number of nitrogens with zero attached hydrogens (tertiary/aromatic N) is 2. The van der Waals surface area contributed by atoms with E-state index in [-0.39, 0.29) is 27.8 Å². The molecule has 0 aliphatic heterocycles. The fraction of sp³-hybridized carbons (Fsp3) is 0.200. The number of carbonyl (C=O) groups is 1. The van der Waals surface area contributed by atoms with Crippen LogP contribution in [0.5, 0.6) is 0 Å². The number of halogens is 4. The molecule has 2 heterocycles. The van der Waals surface area contributed by atoms with Gasteiger partial charge < -0.3 is 4.74 Å². The molecule has 0 saturated heterocycles. The largest absolute Gasteiger partial charge is 0.462 e. The van der Waals surface area contributed by atoms with Gasteiger partial charge in [0, 0.05) is 17.2 Å². The van der Waals surface area contributed by atoms with Crippen molar-refractivity contribution in [3.63, 3.8) is 0 Å². The Bertz CT molecular complexity index is 968. The van der Waals surface area contributed by atoms with Crippen molar-refractivity contribution < 1.29 is 22.7 Å². The summed E-state index contributed by atoms with van der Waals surface area (Å²) in [7, 11) is 0. The quantitative estimate of drug-likeness (QED) is 0.496. The first-order valence-corrected chi connectivity index (χ1v) is 8.04. The van der Waals surface area contributed by atoms with E-state index in [4.69, 9.17) is 16.3 Å². The number of thiazole rings is 1. The minimum absolute atomic E-state index is 0.0000770. The Morgan fingerprint density at radius 1 is 1.38 bits per heavy atom. The first-order chi connectivity index (χ1) is 11.3. The standard InChI is InChI=1S/C15H10ClF3N2O2S/c1-3-23-15(22)12-13(16)21-14(24-12)10(6(2)20-21)8-4-7(17)5-9(18)11(8)19/h4-5H,3H2,1-2H3. The zero-order chi connectivity index (χ0) is 17.6. The Morgan fingerprint density at radius 2 is 2.08 bits per heavy atom. The second-order valence-corrected chi connectivity index (χ2v) is 6.23. The van der Waals surface area contributed by atoms with Gasteiger partial charge in [-0.05, 0) is 19.9 Å². The average Bonchev–Trinajstić information content (AvgIpc) is 2.99. The lowest BCUT2D eigenvalue weighted by atomic mass is 10.1. The van der Waals surface area contributed by atoms with Gasteiger partial charge in [0.15, 0.2) is 21.7 Å². The van der Waals surface area contributed by atoms with Gasteiger partial charge in [0.1, 0.15) is 10.6 Å². The van der Waals surface area contributed by atoms with E-state index < -0.39 is 23.4 Å². The highest BCUT2D eigenvalue weighted by atomic mass is 35.5. The van der Waals surface area contributed by atoms with Crippen LogP contribution in [-0.2, 0) is 4.74 Å². The third-order valence-electron chi connectivity index (χ3n) is 3.31. The van der Waals surface area contributed by atoms with Gasteiger partial charge in [0.2, 0.25) is 0 Å². The maximum absolute atomic E-state index is 14.1. The molecule has 0 aliphatic rings. The molecule has 0 spiro atoms. The first-order valence-electron chi connectivity index (χ1n) is 6.84. The van der Waals surface area contributed by atoms with Crippen LogP contribution < -0.4 is 0 Å². The van der Waals surface area contributed by atoms with Gasteiger partial charge in [-0.15, -0.1) is 11.3 Å². The number of aryl methyl sites for hydroxylation is 1. The molecule has 2 aromatic heterocycles. The summed E-state index contributed by atoms with van der Waals surface area (Å²) < 4.78 is 47.3. The lowest BCUT2D eigenvalue weighted by Crippen LogP contribution is -2.03. The minimum atomic E-state index is -1.31. The van der Waals surface area contributed by atoms with Crippen LogP contribution in [0.15, 0.2) is 12.1 Å². The van der Waals surface area contributed by atoms with Gasteiger partial charge in [-0.2, -0.15) is 5.10 Å². The van der Waals surface area contributed by atoms with E-state index in [1.165, 1.54) is 4.52 Å². The number of esters is 1. The van der Waals surface area contributed by atoms with Crippen LogP contribution in [0.1, 0.15) is 22.3 Å². The summed E-state index contributed by atoms with van der Waals surface area (Å²) in [6, 6.07) is 1.33. The molecule has 0 fully saturated rings. The molecule has 0 bridgehead atoms. The van der Waals surface area contributed by atoms with Crippen molar-refractivity contribution in [3.8, 4) is 11.1 Å². The molecule has 126 valence electrons. The lowest BCUT2D eigenvalue weighted by molar-refractivity contribution is 0.0532. The monoisotopic (exact) mass is 374 g/mol. The summed E-state index contributed by atoms with van der Waals surface area (Å²) in [5.74, 6) is -4.07. The molecule has 0 amide bonds. The Morgan fingerprint density at radius 3 is 2.75 bits per heavy atom. The number of ether oxygens (including phenoxy) is 1. The van der Waals surface area contributed by atoms with Crippen molar-refractivity contribution in [3.05, 3.63) is 45.3 Å². The van der Waals surface area contributed by atoms with Crippen molar-refractivity contribution in [1.82, 2.24) is 9.61 Å². The van der Waals surface area contributed by atoms with Crippen LogP contribution in [0.3, 0.4) is 0 Å². The van der Waals surface area contributed by atoms with Crippen LogP contribution in [0.25, 0.3) is 16.0 Å². The van der Waals surface area contributed by atoms with Gasteiger partial charge in [-0.3, -0.25) is 0 Å². The van der Waals surface area contributed by atoms with Gasteiger partial charge in [0.25, 0.3) is 0 Å². The molecule has 0 radical (unpaired) electrons. The van der Waals surface area contributed by atoms with Crippen molar-refractivity contribution in [2.45, 2.75) is 13.8 Å².